The van der Waals surface area contributed by atoms with Crippen molar-refractivity contribution in [3.63, 3.8) is 0 Å². The molecule has 1 saturated heterocycles. The van der Waals surface area contributed by atoms with E-state index in [0.29, 0.717) is 35.9 Å². The van der Waals surface area contributed by atoms with Crippen molar-refractivity contribution in [3.8, 4) is 17.0 Å². The maximum atomic E-state index is 14.4. The fourth-order valence-corrected chi connectivity index (χ4v) is 3.23. The molecule has 2 unspecified atom stereocenters. The number of benzene rings is 1. The second kappa shape index (κ2) is 8.22. The number of alkyl halides is 4. The summed E-state index contributed by atoms with van der Waals surface area (Å²) in [6, 6.07) is 6.47. The van der Waals surface area contributed by atoms with Crippen LogP contribution >= 0.6 is 0 Å². The minimum Gasteiger partial charge on any atom is -0.406 e. The number of carbonyl (C=O) groups excluding carboxylic acids is 1. The molecule has 0 radical (unpaired) electrons. The lowest BCUT2D eigenvalue weighted by Gasteiger charge is -2.35. The molecule has 0 bridgehead atoms. The second-order valence-corrected chi connectivity index (χ2v) is 6.79. The zero-order valence-corrected chi connectivity index (χ0v) is 15.8. The topological polar surface area (TPSA) is 67.4 Å². The molecule has 2 heterocycles. The number of piperidine rings is 1. The van der Waals surface area contributed by atoms with Crippen LogP contribution < -0.4 is 15.0 Å². The summed E-state index contributed by atoms with van der Waals surface area (Å²) in [5.74, 6) is 0.372. The molecule has 2 aromatic rings. The van der Waals surface area contributed by atoms with Gasteiger partial charge in [0.15, 0.2) is 0 Å². The third-order valence-electron chi connectivity index (χ3n) is 4.46. The second-order valence-electron chi connectivity index (χ2n) is 6.79. The molecular formula is C19H20F4N4O2. The number of aryl methyl sites for hydroxylation is 1. The molecule has 1 fully saturated rings. The van der Waals surface area contributed by atoms with Gasteiger partial charge >= 0.3 is 6.36 Å². The standard InChI is InChI=1S/C19H20F4N4O2/c1-11-24-17(13-3-5-14(6-4-13)29-19(21,22)23)9-18(25-11)27-8-7-16(15(20)10-27)26-12(2)28/h3-6,9,15-16H,7-8,10H2,1-2H3,(H,26,28). The van der Waals surface area contributed by atoms with Crippen LogP contribution in [0.25, 0.3) is 11.3 Å². The normalized spacial score (nSPS) is 19.7. The van der Waals surface area contributed by atoms with Crippen LogP contribution in [0.3, 0.4) is 0 Å². The van der Waals surface area contributed by atoms with Gasteiger partial charge in [-0.15, -0.1) is 13.2 Å². The van der Waals surface area contributed by atoms with Crippen LogP contribution in [0.15, 0.2) is 30.3 Å². The maximum Gasteiger partial charge on any atom is 0.573 e. The first-order valence-electron chi connectivity index (χ1n) is 8.99. The Morgan fingerprint density at radius 1 is 1.24 bits per heavy atom. The summed E-state index contributed by atoms with van der Waals surface area (Å²) in [5.41, 5.74) is 1.08. The first-order valence-corrected chi connectivity index (χ1v) is 8.99. The van der Waals surface area contributed by atoms with E-state index in [2.05, 4.69) is 20.0 Å². The molecule has 10 heteroatoms. The van der Waals surface area contributed by atoms with Gasteiger partial charge in [-0.2, -0.15) is 0 Å². The van der Waals surface area contributed by atoms with E-state index in [-0.39, 0.29) is 18.2 Å². The number of halogens is 4. The number of rotatable bonds is 4. The van der Waals surface area contributed by atoms with Gasteiger partial charge in [0.05, 0.1) is 18.3 Å². The largest absolute Gasteiger partial charge is 0.573 e. The molecule has 1 N–H and O–H groups in total. The van der Waals surface area contributed by atoms with Crippen molar-refractivity contribution < 1.29 is 27.1 Å². The van der Waals surface area contributed by atoms with Gasteiger partial charge in [0.25, 0.3) is 0 Å². The molecule has 29 heavy (non-hydrogen) atoms. The zero-order valence-electron chi connectivity index (χ0n) is 15.8. The summed E-state index contributed by atoms with van der Waals surface area (Å²) >= 11 is 0. The SMILES string of the molecule is CC(=O)NC1CCN(c2cc(-c3ccc(OC(F)(F)F)cc3)nc(C)n2)CC1F. The Balaban J connectivity index is 1.78. The summed E-state index contributed by atoms with van der Waals surface area (Å²) in [6.07, 6.45) is -5.57. The Hall–Kier alpha value is -2.91. The smallest absolute Gasteiger partial charge is 0.406 e. The maximum absolute atomic E-state index is 14.4. The highest BCUT2D eigenvalue weighted by molar-refractivity contribution is 5.73. The van der Waals surface area contributed by atoms with Crippen molar-refractivity contribution in [2.24, 2.45) is 0 Å². The predicted octanol–water partition coefficient (Wildman–Crippen LogP) is 3.40. The molecule has 1 aliphatic heterocycles. The summed E-state index contributed by atoms with van der Waals surface area (Å²) in [4.78, 5) is 21.6. The van der Waals surface area contributed by atoms with Crippen LogP contribution in [0.4, 0.5) is 23.4 Å². The minimum atomic E-state index is -4.76. The molecule has 0 spiro atoms. The number of amides is 1. The first kappa shape index (κ1) is 20.8. The highest BCUT2D eigenvalue weighted by atomic mass is 19.4. The number of ether oxygens (including phenoxy) is 1. The van der Waals surface area contributed by atoms with E-state index in [0.717, 1.165) is 0 Å². The Labute approximate surface area is 164 Å². The molecule has 0 aliphatic carbocycles. The van der Waals surface area contributed by atoms with Gasteiger partial charge in [-0.25, -0.2) is 14.4 Å². The molecule has 1 amide bonds. The number of nitrogens with zero attached hydrogens (tertiary/aromatic N) is 3. The molecular weight excluding hydrogens is 392 g/mol. The highest BCUT2D eigenvalue weighted by Crippen LogP contribution is 2.28. The van der Waals surface area contributed by atoms with E-state index >= 15 is 0 Å². The van der Waals surface area contributed by atoms with Gasteiger partial charge in [0.2, 0.25) is 5.91 Å². The van der Waals surface area contributed by atoms with Crippen LogP contribution in [0.5, 0.6) is 5.75 Å². The number of carbonyl (C=O) groups is 1. The van der Waals surface area contributed by atoms with E-state index in [4.69, 9.17) is 0 Å². The van der Waals surface area contributed by atoms with E-state index < -0.39 is 18.6 Å². The fourth-order valence-electron chi connectivity index (χ4n) is 3.23. The molecule has 2 atom stereocenters. The number of anilines is 1. The third-order valence-corrected chi connectivity index (χ3v) is 4.46. The molecule has 0 saturated carbocycles. The van der Waals surface area contributed by atoms with Crippen LogP contribution in [0.2, 0.25) is 0 Å². The lowest BCUT2D eigenvalue weighted by Crippen LogP contribution is -2.52. The summed E-state index contributed by atoms with van der Waals surface area (Å²) in [7, 11) is 0. The average molecular weight is 412 g/mol. The molecule has 3 rings (SSSR count). The average Bonchev–Trinajstić information content (AvgIpc) is 2.62. The van der Waals surface area contributed by atoms with Crippen molar-refractivity contribution in [1.29, 1.82) is 0 Å². The van der Waals surface area contributed by atoms with E-state index in [9.17, 15) is 22.4 Å². The number of nitrogens with one attached hydrogen (secondary N) is 1. The van der Waals surface area contributed by atoms with Gasteiger partial charge in [-0.05, 0) is 37.6 Å². The van der Waals surface area contributed by atoms with E-state index in [1.54, 1.807) is 17.9 Å². The Morgan fingerprint density at radius 3 is 2.52 bits per heavy atom. The molecule has 1 aromatic carbocycles. The van der Waals surface area contributed by atoms with Crippen LogP contribution in [0, 0.1) is 6.92 Å². The van der Waals surface area contributed by atoms with Gasteiger partial charge < -0.3 is 15.0 Å². The summed E-state index contributed by atoms with van der Waals surface area (Å²) in [5, 5.41) is 2.61. The quantitative estimate of drug-likeness (QED) is 0.780. The monoisotopic (exact) mass is 412 g/mol. The van der Waals surface area contributed by atoms with Crippen molar-refractivity contribution in [2.45, 2.75) is 38.8 Å². The zero-order chi connectivity index (χ0) is 21.2. The number of hydrogen-bond donors (Lipinski definition) is 1. The van der Waals surface area contributed by atoms with E-state index in [1.807, 2.05) is 0 Å². The van der Waals surface area contributed by atoms with Crippen molar-refractivity contribution in [1.82, 2.24) is 15.3 Å². The Morgan fingerprint density at radius 2 is 1.93 bits per heavy atom. The summed E-state index contributed by atoms with van der Waals surface area (Å²) < 4.78 is 55.2. The molecule has 156 valence electrons. The van der Waals surface area contributed by atoms with Gasteiger partial charge in [-0.3, -0.25) is 4.79 Å². The van der Waals surface area contributed by atoms with Crippen molar-refractivity contribution in [2.75, 3.05) is 18.0 Å². The van der Waals surface area contributed by atoms with Gasteiger partial charge in [0, 0.05) is 25.1 Å². The Bertz CT molecular complexity index is 874. The van der Waals surface area contributed by atoms with Crippen LogP contribution in [-0.2, 0) is 4.79 Å². The first-order chi connectivity index (χ1) is 13.6. The van der Waals surface area contributed by atoms with Gasteiger partial charge in [0.1, 0.15) is 23.6 Å². The fraction of sp³-hybridized carbons (Fsp3) is 0.421. The summed E-state index contributed by atoms with van der Waals surface area (Å²) in [6.45, 7) is 3.61. The Kier molecular flexibility index (Phi) is 5.90. The molecule has 1 aromatic heterocycles. The lowest BCUT2D eigenvalue weighted by molar-refractivity contribution is -0.274. The highest BCUT2D eigenvalue weighted by Gasteiger charge is 2.32. The van der Waals surface area contributed by atoms with Crippen molar-refractivity contribution in [3.05, 3.63) is 36.2 Å². The number of hydrogen-bond acceptors (Lipinski definition) is 5. The van der Waals surface area contributed by atoms with E-state index in [1.165, 1.54) is 31.2 Å². The lowest BCUT2D eigenvalue weighted by atomic mass is 10.0. The van der Waals surface area contributed by atoms with Crippen LogP contribution in [-0.4, -0.2) is 47.5 Å². The third kappa shape index (κ3) is 5.55. The minimum absolute atomic E-state index is 0.0687. The predicted molar refractivity (Wildman–Crippen MR) is 98.2 cm³/mol. The van der Waals surface area contributed by atoms with Gasteiger partial charge in [-0.1, -0.05) is 0 Å². The molecule has 1 aliphatic rings. The van der Waals surface area contributed by atoms with Crippen molar-refractivity contribution >= 4 is 11.7 Å². The number of aromatic nitrogens is 2. The van der Waals surface area contributed by atoms with Crippen LogP contribution in [0.1, 0.15) is 19.2 Å². The molecule has 6 nitrogen and oxygen atoms in total.